The molecule has 2 aliphatic rings. The summed E-state index contributed by atoms with van der Waals surface area (Å²) < 4.78 is 1.12. The summed E-state index contributed by atoms with van der Waals surface area (Å²) in [6, 6.07) is 64.2. The van der Waals surface area contributed by atoms with Gasteiger partial charge in [0.25, 0.3) is 0 Å². The van der Waals surface area contributed by atoms with Gasteiger partial charge in [-0.15, -0.1) is 0 Å². The van der Waals surface area contributed by atoms with Gasteiger partial charge in [0.05, 0.1) is 16.8 Å². The van der Waals surface area contributed by atoms with E-state index < -0.39 is 5.41 Å². The van der Waals surface area contributed by atoms with Gasteiger partial charge in [0.1, 0.15) is 0 Å². The minimum absolute atomic E-state index is 0.509. The molecule has 0 aromatic heterocycles. The largest absolute Gasteiger partial charge is 0.336 e. The van der Waals surface area contributed by atoms with Crippen molar-refractivity contribution >= 4 is 44.4 Å². The molecule has 0 fully saturated rings. The Hall–Kier alpha value is -5.38. The van der Waals surface area contributed by atoms with Crippen LogP contribution < -0.4 is 9.80 Å². The molecule has 224 valence electrons. The van der Waals surface area contributed by atoms with E-state index in [0.29, 0.717) is 0 Å². The first-order chi connectivity index (χ1) is 23.2. The summed E-state index contributed by atoms with van der Waals surface area (Å²) in [6.07, 6.45) is 0. The minimum Gasteiger partial charge on any atom is -0.336 e. The number of hydrogen-bond acceptors (Lipinski definition) is 2. The molecule has 0 radical (unpaired) electrons. The zero-order valence-corrected chi connectivity index (χ0v) is 27.3. The lowest BCUT2D eigenvalue weighted by atomic mass is 9.60. The maximum absolute atomic E-state index is 3.83. The third kappa shape index (κ3) is 4.23. The van der Waals surface area contributed by atoms with Crippen molar-refractivity contribution in [1.29, 1.82) is 0 Å². The van der Waals surface area contributed by atoms with Crippen LogP contribution in [0.2, 0.25) is 0 Å². The molecule has 0 atom stereocenters. The van der Waals surface area contributed by atoms with Crippen LogP contribution in [-0.2, 0) is 12.0 Å². The first-order valence-corrected chi connectivity index (χ1v) is 16.9. The SMILES string of the molecule is Brc1ccccc1CN1c2ccccc2C2(c3ccccc31)c1ccccc1N(c1ccc(-c3ccccc3)cc1)c1ccccc12. The molecule has 0 saturated carbocycles. The first kappa shape index (κ1) is 27.9. The van der Waals surface area contributed by atoms with E-state index in [9.17, 15) is 0 Å². The van der Waals surface area contributed by atoms with Gasteiger partial charge in [0, 0.05) is 28.1 Å². The van der Waals surface area contributed by atoms with Crippen molar-refractivity contribution in [3.05, 3.63) is 208 Å². The summed E-state index contributed by atoms with van der Waals surface area (Å²) in [5, 5.41) is 0. The molecule has 0 unspecified atom stereocenters. The van der Waals surface area contributed by atoms with Crippen molar-refractivity contribution in [3.63, 3.8) is 0 Å². The lowest BCUT2D eigenvalue weighted by Gasteiger charge is -2.51. The van der Waals surface area contributed by atoms with Crippen LogP contribution in [0.15, 0.2) is 180 Å². The van der Waals surface area contributed by atoms with E-state index in [1.54, 1.807) is 0 Å². The van der Waals surface area contributed by atoms with Crippen LogP contribution in [0.25, 0.3) is 11.1 Å². The Morgan fingerprint density at radius 3 is 1.38 bits per heavy atom. The molecule has 0 aliphatic carbocycles. The van der Waals surface area contributed by atoms with Crippen LogP contribution in [-0.4, -0.2) is 0 Å². The molecule has 0 saturated heterocycles. The second kappa shape index (κ2) is 11.2. The molecule has 2 aliphatic heterocycles. The fraction of sp³-hybridized carbons (Fsp3) is 0.0455. The lowest BCUT2D eigenvalue weighted by molar-refractivity contribution is 0.705. The Morgan fingerprint density at radius 2 is 0.830 bits per heavy atom. The predicted molar refractivity (Wildman–Crippen MR) is 198 cm³/mol. The van der Waals surface area contributed by atoms with E-state index in [2.05, 4.69) is 202 Å². The van der Waals surface area contributed by atoms with Gasteiger partial charge < -0.3 is 9.80 Å². The van der Waals surface area contributed by atoms with Crippen LogP contribution in [0, 0.1) is 0 Å². The maximum Gasteiger partial charge on any atom is 0.0782 e. The van der Waals surface area contributed by atoms with E-state index in [1.807, 2.05) is 0 Å². The molecule has 0 amide bonds. The van der Waals surface area contributed by atoms with Gasteiger partial charge in [-0.2, -0.15) is 0 Å². The summed E-state index contributed by atoms with van der Waals surface area (Å²) in [6.45, 7) is 0.759. The molecule has 2 heterocycles. The zero-order chi connectivity index (χ0) is 31.4. The average molecular weight is 668 g/mol. The molecule has 0 N–H and O–H groups in total. The van der Waals surface area contributed by atoms with Gasteiger partial charge in [-0.1, -0.05) is 149 Å². The Labute approximate surface area is 284 Å². The van der Waals surface area contributed by atoms with Crippen molar-refractivity contribution in [2.45, 2.75) is 12.0 Å². The third-order valence-corrected chi connectivity index (χ3v) is 10.6. The van der Waals surface area contributed by atoms with Crippen molar-refractivity contribution in [2.24, 2.45) is 0 Å². The van der Waals surface area contributed by atoms with Crippen LogP contribution in [0.1, 0.15) is 27.8 Å². The zero-order valence-electron chi connectivity index (χ0n) is 25.7. The first-order valence-electron chi connectivity index (χ1n) is 16.1. The van der Waals surface area contributed by atoms with E-state index in [1.165, 1.54) is 61.7 Å². The molecule has 0 bridgehead atoms. The number of para-hydroxylation sites is 4. The van der Waals surface area contributed by atoms with Crippen molar-refractivity contribution < 1.29 is 0 Å². The van der Waals surface area contributed by atoms with E-state index >= 15 is 0 Å². The summed E-state index contributed by atoms with van der Waals surface area (Å²) in [5.74, 6) is 0. The van der Waals surface area contributed by atoms with Gasteiger partial charge in [-0.3, -0.25) is 0 Å². The molecule has 9 rings (SSSR count). The predicted octanol–water partition coefficient (Wildman–Crippen LogP) is 11.9. The van der Waals surface area contributed by atoms with E-state index in [-0.39, 0.29) is 0 Å². The summed E-state index contributed by atoms with van der Waals surface area (Å²) in [4.78, 5) is 4.94. The smallest absolute Gasteiger partial charge is 0.0782 e. The quantitative estimate of drug-likeness (QED) is 0.184. The lowest BCUT2D eigenvalue weighted by Crippen LogP contribution is -2.42. The second-order valence-electron chi connectivity index (χ2n) is 12.2. The normalized spacial score (nSPS) is 13.8. The van der Waals surface area contributed by atoms with Crippen molar-refractivity contribution in [2.75, 3.05) is 9.80 Å². The number of anilines is 5. The van der Waals surface area contributed by atoms with Crippen LogP contribution in [0.5, 0.6) is 0 Å². The molecular formula is C44H31BrN2. The Bertz CT molecular complexity index is 2160. The number of nitrogens with zero attached hydrogens (tertiary/aromatic N) is 2. The summed E-state index contributed by atoms with van der Waals surface area (Å²) >= 11 is 3.83. The second-order valence-corrected chi connectivity index (χ2v) is 13.1. The number of hydrogen-bond donors (Lipinski definition) is 0. The minimum atomic E-state index is -0.509. The van der Waals surface area contributed by atoms with Crippen LogP contribution in [0.3, 0.4) is 0 Å². The summed E-state index contributed by atoms with van der Waals surface area (Å²) in [5.41, 5.74) is 14.3. The fourth-order valence-corrected chi connectivity index (χ4v) is 8.24. The number of rotatable bonds is 4. The topological polar surface area (TPSA) is 6.48 Å². The van der Waals surface area contributed by atoms with E-state index in [0.717, 1.165) is 16.7 Å². The molecule has 1 spiro atoms. The van der Waals surface area contributed by atoms with Gasteiger partial charge >= 0.3 is 0 Å². The number of benzene rings is 7. The Kier molecular flexibility index (Phi) is 6.62. The fourth-order valence-electron chi connectivity index (χ4n) is 7.83. The average Bonchev–Trinajstić information content (AvgIpc) is 3.14. The maximum atomic E-state index is 3.83. The number of fused-ring (bicyclic) bond motifs is 8. The summed E-state index contributed by atoms with van der Waals surface area (Å²) in [7, 11) is 0. The number of halogens is 1. The molecule has 2 nitrogen and oxygen atoms in total. The Balaban J connectivity index is 1.29. The van der Waals surface area contributed by atoms with Gasteiger partial charge in [0.15, 0.2) is 0 Å². The molecule has 3 heteroatoms. The van der Waals surface area contributed by atoms with Crippen LogP contribution in [0.4, 0.5) is 28.4 Å². The van der Waals surface area contributed by atoms with Crippen molar-refractivity contribution in [3.8, 4) is 11.1 Å². The highest BCUT2D eigenvalue weighted by Crippen LogP contribution is 2.63. The monoisotopic (exact) mass is 666 g/mol. The molecular weight excluding hydrogens is 636 g/mol. The van der Waals surface area contributed by atoms with Gasteiger partial charge in [-0.05, 0) is 81.4 Å². The van der Waals surface area contributed by atoms with E-state index in [4.69, 9.17) is 0 Å². The van der Waals surface area contributed by atoms with Crippen LogP contribution >= 0.6 is 15.9 Å². The molecule has 7 aromatic carbocycles. The Morgan fingerprint density at radius 1 is 0.404 bits per heavy atom. The highest BCUT2D eigenvalue weighted by Gasteiger charge is 2.51. The molecule has 47 heavy (non-hydrogen) atoms. The van der Waals surface area contributed by atoms with Gasteiger partial charge in [0.2, 0.25) is 0 Å². The highest BCUT2D eigenvalue weighted by atomic mass is 79.9. The van der Waals surface area contributed by atoms with Gasteiger partial charge in [-0.25, -0.2) is 0 Å². The molecule has 7 aromatic rings. The third-order valence-electron chi connectivity index (χ3n) is 9.81. The van der Waals surface area contributed by atoms with Crippen molar-refractivity contribution in [1.82, 2.24) is 0 Å². The standard InChI is InChI=1S/C44H31BrN2/c45-39-21-9-4-16-33(39)30-46-40-22-10-5-17-35(40)44(36-18-6-11-23-41(36)46)37-19-7-12-24-42(37)47(43-25-13-8-20-38(43)44)34-28-26-32(27-29-34)31-14-2-1-3-15-31/h1-29H,30H2. The highest BCUT2D eigenvalue weighted by molar-refractivity contribution is 9.10.